The van der Waals surface area contributed by atoms with Crippen molar-refractivity contribution >= 4 is 51.2 Å². The van der Waals surface area contributed by atoms with Crippen LogP contribution in [0, 0.1) is 0 Å². The number of aliphatic hydroxyl groups is 2. The zero-order valence-corrected chi connectivity index (χ0v) is 75.3. The molecular weight excluding hydrogens is 1470 g/mol. The largest absolute Gasteiger partial charge is 1.00 e. The average Bonchev–Trinajstić information content (AvgIpc) is 0.853. The van der Waals surface area contributed by atoms with Crippen LogP contribution in [-0.2, 0) is 65.4 Å². The fourth-order valence-electron chi connectivity index (χ4n) is 11.9. The van der Waals surface area contributed by atoms with Gasteiger partial charge >= 0.3 is 86.7 Å². The summed E-state index contributed by atoms with van der Waals surface area (Å²) in [6, 6.07) is 3.65. The first-order valence-corrected chi connectivity index (χ1v) is 44.9. The minimum Gasteiger partial charge on any atom is -1.00 e. The normalized spacial score (nSPS) is 14.3. The van der Waals surface area contributed by atoms with Crippen molar-refractivity contribution in [3.8, 4) is 0 Å². The number of esters is 2. The molecule has 8 N–H and O–H groups in total. The van der Waals surface area contributed by atoms with Gasteiger partial charge in [0, 0.05) is 50.3 Å². The van der Waals surface area contributed by atoms with E-state index in [1.54, 1.807) is 0 Å². The Morgan fingerprint density at radius 3 is 1.02 bits per heavy atom. The van der Waals surface area contributed by atoms with Crippen molar-refractivity contribution < 1.29 is 157 Å². The molecule has 4 unspecified atom stereocenters. The van der Waals surface area contributed by atoms with Gasteiger partial charge in [0.05, 0.1) is 76.8 Å². The van der Waals surface area contributed by atoms with E-state index >= 15 is 0 Å². The average molecular weight is 1620 g/mol. The summed E-state index contributed by atoms with van der Waals surface area (Å²) in [6.45, 7) is 10.6. The maximum Gasteiger partial charge on any atom is 1.00 e. The van der Waals surface area contributed by atoms with E-state index < -0.39 is 102 Å². The van der Waals surface area contributed by atoms with Crippen LogP contribution >= 0.6 is 15.6 Å². The van der Waals surface area contributed by atoms with Crippen LogP contribution in [0.1, 0.15) is 348 Å². The van der Waals surface area contributed by atoms with Gasteiger partial charge in [0.15, 0.2) is 0 Å². The number of hydrogen-bond acceptors (Lipinski definition) is 18. The molecule has 0 aliphatic rings. The number of unbranched alkanes of at least 4 members (excludes halogenated alkanes) is 26. The third kappa shape index (κ3) is 66.7. The number of phosphoric acid groups is 2. The van der Waals surface area contributed by atoms with Gasteiger partial charge in [-0.25, -0.2) is 9.13 Å². The monoisotopic (exact) mass is 1620 g/mol. The molecule has 0 radical (unpaired) electrons. The van der Waals surface area contributed by atoms with E-state index in [9.17, 15) is 57.9 Å². The first-order chi connectivity index (χ1) is 52.2. The number of allylic oxidation sites excluding steroid dienone is 4. The van der Waals surface area contributed by atoms with Gasteiger partial charge in [-0.1, -0.05) is 220 Å². The van der Waals surface area contributed by atoms with Gasteiger partial charge in [-0.05, 0) is 127 Å². The molecule has 1 aromatic rings. The minimum absolute atomic E-state index is 0. The molecular formula is C82H150N4Na2O20P2. The van der Waals surface area contributed by atoms with E-state index in [2.05, 4.69) is 87.1 Å². The van der Waals surface area contributed by atoms with Crippen molar-refractivity contribution in [3.63, 3.8) is 0 Å². The van der Waals surface area contributed by atoms with E-state index in [-0.39, 0.29) is 150 Å². The number of carbonyl (C=O) groups is 6. The number of aliphatic hydroxyl groups excluding tert-OH is 2. The predicted molar refractivity (Wildman–Crippen MR) is 430 cm³/mol. The molecule has 0 saturated carbocycles. The van der Waals surface area contributed by atoms with Gasteiger partial charge < -0.3 is 63.1 Å². The van der Waals surface area contributed by atoms with Gasteiger partial charge in [0.2, 0.25) is 11.8 Å². The second-order valence-corrected chi connectivity index (χ2v) is 31.6. The maximum absolute atomic E-state index is 13.7. The van der Waals surface area contributed by atoms with Crippen LogP contribution in [0.3, 0.4) is 0 Å². The fraction of sp³-hybridized carbons (Fsp3) is 0.805. The van der Waals surface area contributed by atoms with Crippen molar-refractivity contribution in [3.05, 3.63) is 59.7 Å². The van der Waals surface area contributed by atoms with E-state index in [1.165, 1.54) is 62.8 Å². The van der Waals surface area contributed by atoms with Crippen LogP contribution in [0.5, 0.6) is 0 Å². The number of benzene rings is 1. The SMILES string of the molecule is CCCCCC/C=C/CCCC(=O)O[C@H](CCCCCCC)CC(=O)NC(COCC[C@H](O)CCCCCCC)COP(=O)(O)OCCNC(=O)c1ccc(C(=O)NCCOP(=O)(O)OCC(COCC[C@H](O)CCCCCCC)NC(=O)C[C@@H](CCCCCCC)OC(=O)CCC/C=C/CCCCCC)cc1.[H-].[H-].[Na+].[Na+]. The Balaban J connectivity index is -0.0000146. The molecule has 0 aliphatic heterocycles. The Morgan fingerprint density at radius 2 is 0.691 bits per heavy atom. The number of carbonyl (C=O) groups excluding carboxylic acids is 6. The summed E-state index contributed by atoms with van der Waals surface area (Å²) in [5.74, 6) is -2.88. The molecule has 28 heteroatoms. The summed E-state index contributed by atoms with van der Waals surface area (Å²) >= 11 is 0. The van der Waals surface area contributed by atoms with E-state index in [0.29, 0.717) is 51.4 Å². The summed E-state index contributed by atoms with van der Waals surface area (Å²) in [5, 5.41) is 32.0. The Kier molecular flexibility index (Phi) is 75.1. The molecule has 0 aromatic heterocycles. The molecule has 0 saturated heterocycles. The van der Waals surface area contributed by atoms with Gasteiger partial charge in [0.1, 0.15) is 12.2 Å². The number of nitrogens with one attached hydrogen (secondary N) is 4. The fourth-order valence-corrected chi connectivity index (χ4v) is 13.4. The molecule has 0 aliphatic carbocycles. The quantitative estimate of drug-likeness (QED) is 0.00987. The summed E-state index contributed by atoms with van der Waals surface area (Å²) in [7, 11) is -9.55. The van der Waals surface area contributed by atoms with Crippen LogP contribution in [-0.4, -0.2) is 158 Å². The topological polar surface area (TPSA) is 339 Å². The molecule has 0 heterocycles. The van der Waals surface area contributed by atoms with Crippen LogP contribution in [0.4, 0.5) is 0 Å². The summed E-state index contributed by atoms with van der Waals surface area (Å²) in [4.78, 5) is 101. The van der Waals surface area contributed by atoms with E-state index in [1.807, 2.05) is 0 Å². The molecule has 1 aromatic carbocycles. The smallest absolute Gasteiger partial charge is 1.00 e. The number of hydrogen-bond donors (Lipinski definition) is 8. The van der Waals surface area contributed by atoms with Crippen LogP contribution in [0.2, 0.25) is 0 Å². The Morgan fingerprint density at radius 1 is 0.391 bits per heavy atom. The molecule has 0 spiro atoms. The zero-order chi connectivity index (χ0) is 79.4. The number of amides is 4. The van der Waals surface area contributed by atoms with Crippen LogP contribution in [0.25, 0.3) is 0 Å². The van der Waals surface area contributed by atoms with Crippen molar-refractivity contribution in [2.24, 2.45) is 0 Å². The van der Waals surface area contributed by atoms with Crippen LogP contribution in [0.15, 0.2) is 48.6 Å². The molecule has 4 amide bonds. The van der Waals surface area contributed by atoms with Gasteiger partial charge in [-0.2, -0.15) is 0 Å². The van der Waals surface area contributed by atoms with Gasteiger partial charge in [-0.3, -0.25) is 46.9 Å². The second-order valence-electron chi connectivity index (χ2n) is 28.7. The van der Waals surface area contributed by atoms with Crippen molar-refractivity contribution in [2.45, 2.75) is 361 Å². The molecule has 24 nitrogen and oxygen atoms in total. The summed E-state index contributed by atoms with van der Waals surface area (Å²) in [6.07, 6.45) is 43.6. The molecule has 0 bridgehead atoms. The van der Waals surface area contributed by atoms with Gasteiger partial charge in [-0.15, -0.1) is 0 Å². The zero-order valence-electron chi connectivity index (χ0n) is 71.5. The van der Waals surface area contributed by atoms with Crippen molar-refractivity contribution in [2.75, 3.05) is 65.9 Å². The third-order valence-electron chi connectivity index (χ3n) is 18.4. The second kappa shape index (κ2) is 75.3. The first-order valence-electron chi connectivity index (χ1n) is 41.9. The first kappa shape index (κ1) is 110. The number of ether oxygens (including phenoxy) is 4. The Bertz CT molecular complexity index is 2440. The summed E-state index contributed by atoms with van der Waals surface area (Å²) < 4.78 is 71.0. The standard InChI is InChI=1S/C82H148N4O20P2.2Na.2H/c1-7-13-19-25-27-29-31-37-43-49-79(91)105-75(47-41-35-23-17-11-5)63-77(89)85-71(65-99-59-55-73(87)45-39-33-21-15-9-3)67-103-107(95,96)101-61-57-83-81(93)69-51-53-70(54-52-69)82(94)84-58-62-102-108(97,98)104-68-72(66-100-60-56-74(88)46-40-34-22-16-10-4)86-78(90)64-76(48-42-36-24-18-12-6)106-80(92)50-44-38-32-30-28-26-20-14-8-2;;;;/h29-32,51-54,71-76,87-88H,7-28,33-50,55-68H2,1-6H3,(H,83,93)(H,84,94)(H,85,89)(H,86,90)(H,95,96)(H,97,98);;;;/q;2*+1;2*-1/b31-29+,32-30+;;;;/t71?,72?,73-,74-,75-,76-;;;;/m1..../s1. The minimum atomic E-state index is -4.78. The summed E-state index contributed by atoms with van der Waals surface area (Å²) in [5.41, 5.74) is 0.285. The van der Waals surface area contributed by atoms with E-state index in [4.69, 9.17) is 37.0 Å². The van der Waals surface area contributed by atoms with Crippen molar-refractivity contribution in [1.29, 1.82) is 0 Å². The maximum atomic E-state index is 13.7. The molecule has 0 fully saturated rings. The molecule has 8 atom stereocenters. The predicted octanol–water partition coefficient (Wildman–Crippen LogP) is 11.6. The van der Waals surface area contributed by atoms with Gasteiger partial charge in [0.25, 0.3) is 11.8 Å². The third-order valence-corrected chi connectivity index (χ3v) is 20.3. The number of phosphoric ester groups is 2. The van der Waals surface area contributed by atoms with Crippen LogP contribution < -0.4 is 80.4 Å². The molecule has 630 valence electrons. The Labute approximate surface area is 710 Å². The van der Waals surface area contributed by atoms with E-state index in [0.717, 1.165) is 167 Å². The van der Waals surface area contributed by atoms with Crippen molar-refractivity contribution in [1.82, 2.24) is 21.3 Å². The Hall–Kier alpha value is -2.42. The number of rotatable bonds is 76. The molecule has 1 rings (SSSR count). The molecule has 110 heavy (non-hydrogen) atoms.